The van der Waals surface area contributed by atoms with E-state index in [0.29, 0.717) is 18.9 Å². The van der Waals surface area contributed by atoms with Crippen molar-refractivity contribution in [2.75, 3.05) is 18.4 Å². The molecule has 1 saturated heterocycles. The minimum atomic E-state index is -0.164. The van der Waals surface area contributed by atoms with Crippen LogP contribution in [-0.4, -0.2) is 41.0 Å². The molecule has 3 amide bonds. The standard InChI is InChI=1S/C15H22N4O2/c1-10-7-11(2)16-14(8-10)18-15(21)19-6-4-5-13(9-19)17-12(3)20/h7-8,13H,4-6,9H2,1-3H3,(H,17,20)(H,16,18,21)/t13-/m1/s1. The van der Waals surface area contributed by atoms with E-state index in [9.17, 15) is 9.59 Å². The van der Waals surface area contributed by atoms with Gasteiger partial charge in [0.15, 0.2) is 0 Å². The number of rotatable bonds is 2. The van der Waals surface area contributed by atoms with Gasteiger partial charge in [-0.2, -0.15) is 0 Å². The molecule has 0 aliphatic carbocycles. The van der Waals surface area contributed by atoms with Crippen molar-refractivity contribution in [1.29, 1.82) is 0 Å². The molecule has 2 N–H and O–H groups in total. The average Bonchev–Trinajstić information content (AvgIpc) is 2.36. The zero-order valence-electron chi connectivity index (χ0n) is 12.8. The van der Waals surface area contributed by atoms with Crippen LogP contribution in [0.2, 0.25) is 0 Å². The van der Waals surface area contributed by atoms with Crippen molar-refractivity contribution < 1.29 is 9.59 Å². The van der Waals surface area contributed by atoms with Gasteiger partial charge in [0, 0.05) is 31.7 Å². The van der Waals surface area contributed by atoms with Crippen LogP contribution in [0, 0.1) is 13.8 Å². The molecule has 2 heterocycles. The number of pyridine rings is 1. The van der Waals surface area contributed by atoms with E-state index in [1.807, 2.05) is 26.0 Å². The van der Waals surface area contributed by atoms with E-state index in [-0.39, 0.29) is 18.0 Å². The second-order valence-corrected chi connectivity index (χ2v) is 5.59. The van der Waals surface area contributed by atoms with Crippen LogP contribution in [0.25, 0.3) is 0 Å². The first-order valence-electron chi connectivity index (χ1n) is 7.22. The van der Waals surface area contributed by atoms with E-state index in [0.717, 1.165) is 24.1 Å². The zero-order valence-corrected chi connectivity index (χ0v) is 12.8. The number of aromatic nitrogens is 1. The van der Waals surface area contributed by atoms with Gasteiger partial charge in [-0.05, 0) is 44.4 Å². The molecule has 1 aliphatic rings. The normalized spacial score (nSPS) is 18.2. The second-order valence-electron chi connectivity index (χ2n) is 5.59. The Morgan fingerprint density at radius 1 is 1.33 bits per heavy atom. The van der Waals surface area contributed by atoms with Crippen molar-refractivity contribution >= 4 is 17.8 Å². The van der Waals surface area contributed by atoms with E-state index in [2.05, 4.69) is 15.6 Å². The van der Waals surface area contributed by atoms with Gasteiger partial charge in [0.05, 0.1) is 0 Å². The third-order valence-electron chi connectivity index (χ3n) is 3.45. The van der Waals surface area contributed by atoms with Gasteiger partial charge < -0.3 is 10.2 Å². The van der Waals surface area contributed by atoms with Crippen LogP contribution in [0.5, 0.6) is 0 Å². The molecule has 1 aromatic heterocycles. The van der Waals surface area contributed by atoms with Crippen LogP contribution < -0.4 is 10.6 Å². The number of hydrogen-bond donors (Lipinski definition) is 2. The first-order chi connectivity index (χ1) is 9.94. The van der Waals surface area contributed by atoms with E-state index in [1.54, 1.807) is 4.90 Å². The fourth-order valence-electron chi connectivity index (χ4n) is 2.66. The molecular weight excluding hydrogens is 268 g/mol. The maximum absolute atomic E-state index is 12.3. The molecule has 6 heteroatoms. The summed E-state index contributed by atoms with van der Waals surface area (Å²) in [7, 11) is 0. The highest BCUT2D eigenvalue weighted by Crippen LogP contribution is 2.14. The quantitative estimate of drug-likeness (QED) is 0.872. The third-order valence-corrected chi connectivity index (χ3v) is 3.45. The average molecular weight is 290 g/mol. The van der Waals surface area contributed by atoms with Crippen molar-refractivity contribution in [3.8, 4) is 0 Å². The van der Waals surface area contributed by atoms with Crippen LogP contribution in [0.15, 0.2) is 12.1 Å². The maximum atomic E-state index is 12.3. The van der Waals surface area contributed by atoms with Crippen LogP contribution in [0.3, 0.4) is 0 Å². The minimum absolute atomic E-state index is 0.0363. The number of carbonyl (C=O) groups excluding carboxylic acids is 2. The number of carbonyl (C=O) groups is 2. The molecule has 0 unspecified atom stereocenters. The Kier molecular flexibility index (Phi) is 4.77. The summed E-state index contributed by atoms with van der Waals surface area (Å²) in [5.74, 6) is 0.511. The summed E-state index contributed by atoms with van der Waals surface area (Å²) >= 11 is 0. The second kappa shape index (κ2) is 6.56. The van der Waals surface area contributed by atoms with Gasteiger partial charge in [0.1, 0.15) is 5.82 Å². The number of nitrogens with zero attached hydrogens (tertiary/aromatic N) is 2. The van der Waals surface area contributed by atoms with Gasteiger partial charge in [0.2, 0.25) is 5.91 Å². The smallest absolute Gasteiger partial charge is 0.323 e. The molecule has 1 aromatic rings. The van der Waals surface area contributed by atoms with Crippen LogP contribution >= 0.6 is 0 Å². The van der Waals surface area contributed by atoms with Crippen LogP contribution in [0.4, 0.5) is 10.6 Å². The minimum Gasteiger partial charge on any atom is -0.352 e. The summed E-state index contributed by atoms with van der Waals surface area (Å²) in [5, 5.41) is 5.70. The predicted molar refractivity (Wildman–Crippen MR) is 81.1 cm³/mol. The Morgan fingerprint density at radius 3 is 2.76 bits per heavy atom. The molecule has 0 bridgehead atoms. The summed E-state index contributed by atoms with van der Waals surface area (Å²) in [4.78, 5) is 29.4. The highest BCUT2D eigenvalue weighted by molar-refractivity contribution is 5.88. The van der Waals surface area contributed by atoms with Gasteiger partial charge >= 0.3 is 6.03 Å². The van der Waals surface area contributed by atoms with E-state index in [1.165, 1.54) is 6.92 Å². The molecule has 0 saturated carbocycles. The highest BCUT2D eigenvalue weighted by Gasteiger charge is 2.24. The molecule has 1 atom stereocenters. The Morgan fingerprint density at radius 2 is 2.10 bits per heavy atom. The lowest BCUT2D eigenvalue weighted by atomic mass is 10.1. The molecule has 0 spiro atoms. The summed E-state index contributed by atoms with van der Waals surface area (Å²) in [6.07, 6.45) is 1.80. The lowest BCUT2D eigenvalue weighted by Crippen LogP contribution is -2.50. The van der Waals surface area contributed by atoms with Crippen LogP contribution in [-0.2, 0) is 4.79 Å². The fourth-order valence-corrected chi connectivity index (χ4v) is 2.66. The number of anilines is 1. The lowest BCUT2D eigenvalue weighted by Gasteiger charge is -2.32. The topological polar surface area (TPSA) is 74.3 Å². The number of urea groups is 1. The highest BCUT2D eigenvalue weighted by atomic mass is 16.2. The molecule has 21 heavy (non-hydrogen) atoms. The molecule has 2 rings (SSSR count). The molecule has 0 aromatic carbocycles. The largest absolute Gasteiger partial charge is 0.352 e. The van der Waals surface area contributed by atoms with Crippen molar-refractivity contribution in [3.05, 3.63) is 23.4 Å². The summed E-state index contributed by atoms with van der Waals surface area (Å²) < 4.78 is 0. The number of nitrogens with one attached hydrogen (secondary N) is 2. The van der Waals surface area contributed by atoms with Crippen LogP contribution in [0.1, 0.15) is 31.0 Å². The van der Waals surface area contributed by atoms with E-state index >= 15 is 0 Å². The van der Waals surface area contributed by atoms with Gasteiger partial charge in [-0.3, -0.25) is 10.1 Å². The first-order valence-corrected chi connectivity index (χ1v) is 7.22. The summed E-state index contributed by atoms with van der Waals surface area (Å²) in [5.41, 5.74) is 1.94. The van der Waals surface area contributed by atoms with Crippen molar-refractivity contribution in [2.45, 2.75) is 39.7 Å². The van der Waals surface area contributed by atoms with E-state index in [4.69, 9.17) is 0 Å². The number of hydrogen-bond acceptors (Lipinski definition) is 3. The Labute approximate surface area is 124 Å². The lowest BCUT2D eigenvalue weighted by molar-refractivity contribution is -0.119. The molecule has 1 aliphatic heterocycles. The fraction of sp³-hybridized carbons (Fsp3) is 0.533. The van der Waals surface area contributed by atoms with Gasteiger partial charge in [0.25, 0.3) is 0 Å². The van der Waals surface area contributed by atoms with E-state index < -0.39 is 0 Å². The van der Waals surface area contributed by atoms with Gasteiger partial charge in [-0.1, -0.05) is 0 Å². The molecule has 6 nitrogen and oxygen atoms in total. The number of likely N-dealkylation sites (tertiary alicyclic amines) is 1. The zero-order chi connectivity index (χ0) is 15.4. The number of piperidine rings is 1. The molecule has 1 fully saturated rings. The molecule has 114 valence electrons. The van der Waals surface area contributed by atoms with Gasteiger partial charge in [-0.15, -0.1) is 0 Å². The molecular formula is C15H22N4O2. The van der Waals surface area contributed by atoms with Gasteiger partial charge in [-0.25, -0.2) is 9.78 Å². The Bertz CT molecular complexity index is 524. The predicted octanol–water partition coefficient (Wildman–Crippen LogP) is 1.83. The first kappa shape index (κ1) is 15.3. The van der Waals surface area contributed by atoms with Crippen molar-refractivity contribution in [2.24, 2.45) is 0 Å². The SMILES string of the molecule is CC(=O)N[C@@H]1CCCN(C(=O)Nc2cc(C)cc(C)n2)C1. The third kappa shape index (κ3) is 4.44. The van der Waals surface area contributed by atoms with Crippen molar-refractivity contribution in [3.63, 3.8) is 0 Å². The number of amides is 3. The number of aryl methyl sites for hydroxylation is 2. The van der Waals surface area contributed by atoms with Crippen molar-refractivity contribution in [1.82, 2.24) is 15.2 Å². The Balaban J connectivity index is 1.97. The maximum Gasteiger partial charge on any atom is 0.323 e. The monoisotopic (exact) mass is 290 g/mol. The Hall–Kier alpha value is -2.11. The molecule has 0 radical (unpaired) electrons. The summed E-state index contributed by atoms with van der Waals surface area (Å²) in [6, 6.07) is 3.68. The summed E-state index contributed by atoms with van der Waals surface area (Å²) in [6.45, 7) is 6.61.